The van der Waals surface area contributed by atoms with Crippen LogP contribution in [0.25, 0.3) is 0 Å². The molecule has 2 nitrogen and oxygen atoms in total. The van der Waals surface area contributed by atoms with Gasteiger partial charge in [0.2, 0.25) is 0 Å². The molecule has 0 N–H and O–H groups in total. The predicted molar refractivity (Wildman–Crippen MR) is 72.2 cm³/mol. The first kappa shape index (κ1) is 15.0. The van der Waals surface area contributed by atoms with Gasteiger partial charge in [0.05, 0.1) is 12.2 Å². The van der Waals surface area contributed by atoms with E-state index in [9.17, 15) is 0 Å². The molecule has 2 heteroatoms. The van der Waals surface area contributed by atoms with Crippen molar-refractivity contribution in [3.63, 3.8) is 0 Å². The molecule has 0 spiro atoms. The molecular formula is C15H30O2. The van der Waals surface area contributed by atoms with E-state index in [4.69, 9.17) is 9.47 Å². The van der Waals surface area contributed by atoms with Crippen LogP contribution in [-0.4, -0.2) is 26.4 Å². The number of methoxy groups -OCH3 is 2. The average molecular weight is 242 g/mol. The zero-order valence-electron chi connectivity index (χ0n) is 12.2. The Kier molecular flexibility index (Phi) is 6.50. The third-order valence-electron chi connectivity index (χ3n) is 4.42. The average Bonchev–Trinajstić information content (AvgIpc) is 2.35. The van der Waals surface area contributed by atoms with Gasteiger partial charge in [0, 0.05) is 20.1 Å². The summed E-state index contributed by atoms with van der Waals surface area (Å²) in [6.45, 7) is 6.71. The minimum atomic E-state index is 0.297. The Labute approximate surface area is 107 Å². The maximum atomic E-state index is 5.77. The van der Waals surface area contributed by atoms with E-state index in [2.05, 4.69) is 20.8 Å². The first-order valence-electron chi connectivity index (χ1n) is 7.17. The van der Waals surface area contributed by atoms with Crippen LogP contribution in [0.5, 0.6) is 0 Å². The number of rotatable bonds is 6. The highest BCUT2D eigenvalue weighted by molar-refractivity contribution is 4.85. The molecule has 17 heavy (non-hydrogen) atoms. The Morgan fingerprint density at radius 3 is 1.88 bits per heavy atom. The molecule has 0 aromatic carbocycles. The van der Waals surface area contributed by atoms with Crippen LogP contribution >= 0.6 is 0 Å². The lowest BCUT2D eigenvalue weighted by atomic mass is 9.73. The number of hydrogen-bond acceptors (Lipinski definition) is 2. The number of hydrogen-bond donors (Lipinski definition) is 0. The van der Waals surface area contributed by atoms with Gasteiger partial charge in [-0.05, 0) is 31.6 Å². The first-order valence-corrected chi connectivity index (χ1v) is 7.17. The molecule has 3 atom stereocenters. The van der Waals surface area contributed by atoms with Crippen LogP contribution in [0.1, 0.15) is 52.9 Å². The third kappa shape index (κ3) is 3.96. The second-order valence-electron chi connectivity index (χ2n) is 5.86. The third-order valence-corrected chi connectivity index (χ3v) is 4.42. The summed E-state index contributed by atoms with van der Waals surface area (Å²) >= 11 is 0. The van der Waals surface area contributed by atoms with Crippen molar-refractivity contribution in [3.8, 4) is 0 Å². The van der Waals surface area contributed by atoms with Crippen LogP contribution in [-0.2, 0) is 9.47 Å². The van der Waals surface area contributed by atoms with E-state index in [-0.39, 0.29) is 0 Å². The Morgan fingerprint density at radius 2 is 1.47 bits per heavy atom. The van der Waals surface area contributed by atoms with E-state index < -0.39 is 0 Å². The molecule has 0 bridgehead atoms. The zero-order valence-corrected chi connectivity index (χ0v) is 12.2. The molecule has 0 radical (unpaired) electrons. The van der Waals surface area contributed by atoms with Gasteiger partial charge in [-0.15, -0.1) is 0 Å². The monoisotopic (exact) mass is 242 g/mol. The standard InChI is InChI=1S/C15H30O2/c1-11(2)15(17-5)14(12(3)16-4)13-9-7-6-8-10-13/h11-15H,6-10H2,1-5H3. The molecule has 1 aliphatic rings. The topological polar surface area (TPSA) is 18.5 Å². The molecule has 1 saturated carbocycles. The highest BCUT2D eigenvalue weighted by Crippen LogP contribution is 2.37. The summed E-state index contributed by atoms with van der Waals surface area (Å²) in [5, 5.41) is 0. The van der Waals surface area contributed by atoms with Gasteiger partial charge in [-0.3, -0.25) is 0 Å². The van der Waals surface area contributed by atoms with Gasteiger partial charge in [-0.2, -0.15) is 0 Å². The summed E-state index contributed by atoms with van der Waals surface area (Å²) < 4.78 is 11.4. The summed E-state index contributed by atoms with van der Waals surface area (Å²) in [5.74, 6) is 1.89. The molecule has 1 rings (SSSR count). The highest BCUT2D eigenvalue weighted by Gasteiger charge is 2.36. The van der Waals surface area contributed by atoms with Crippen molar-refractivity contribution >= 4 is 0 Å². The Morgan fingerprint density at radius 1 is 0.882 bits per heavy atom. The molecule has 0 amide bonds. The molecule has 3 unspecified atom stereocenters. The lowest BCUT2D eigenvalue weighted by Crippen LogP contribution is -2.41. The van der Waals surface area contributed by atoms with Crippen LogP contribution in [0.2, 0.25) is 0 Å². The summed E-state index contributed by atoms with van der Waals surface area (Å²) in [5.41, 5.74) is 0. The van der Waals surface area contributed by atoms with Gasteiger partial charge in [-0.25, -0.2) is 0 Å². The van der Waals surface area contributed by atoms with Crippen LogP contribution in [0.3, 0.4) is 0 Å². The normalized spacial score (nSPS) is 23.6. The molecule has 0 saturated heterocycles. The van der Waals surface area contributed by atoms with Crippen molar-refractivity contribution < 1.29 is 9.47 Å². The molecule has 102 valence electrons. The largest absolute Gasteiger partial charge is 0.381 e. The maximum absolute atomic E-state index is 5.77. The van der Waals surface area contributed by atoms with Crippen molar-refractivity contribution in [2.75, 3.05) is 14.2 Å². The first-order chi connectivity index (χ1) is 8.11. The van der Waals surface area contributed by atoms with Crippen LogP contribution in [0.15, 0.2) is 0 Å². The number of ether oxygens (including phenoxy) is 2. The van der Waals surface area contributed by atoms with E-state index in [1.54, 1.807) is 0 Å². The summed E-state index contributed by atoms with van der Waals surface area (Å²) in [4.78, 5) is 0. The minimum Gasteiger partial charge on any atom is -0.381 e. The van der Waals surface area contributed by atoms with Gasteiger partial charge in [0.15, 0.2) is 0 Å². The van der Waals surface area contributed by atoms with E-state index in [0.717, 1.165) is 5.92 Å². The van der Waals surface area contributed by atoms with Crippen molar-refractivity contribution in [1.82, 2.24) is 0 Å². The molecular weight excluding hydrogens is 212 g/mol. The van der Waals surface area contributed by atoms with Gasteiger partial charge in [0.25, 0.3) is 0 Å². The molecule has 1 fully saturated rings. The van der Waals surface area contributed by atoms with Crippen molar-refractivity contribution in [2.24, 2.45) is 17.8 Å². The molecule has 0 aromatic rings. The fourth-order valence-corrected chi connectivity index (χ4v) is 3.47. The molecule has 0 aliphatic heterocycles. The zero-order chi connectivity index (χ0) is 12.8. The Bertz CT molecular complexity index is 197. The van der Waals surface area contributed by atoms with Crippen LogP contribution < -0.4 is 0 Å². The van der Waals surface area contributed by atoms with E-state index in [0.29, 0.717) is 24.0 Å². The summed E-state index contributed by atoms with van der Waals surface area (Å²) in [7, 11) is 3.68. The van der Waals surface area contributed by atoms with Crippen molar-refractivity contribution in [2.45, 2.75) is 65.1 Å². The van der Waals surface area contributed by atoms with Crippen molar-refractivity contribution in [1.29, 1.82) is 0 Å². The lowest BCUT2D eigenvalue weighted by molar-refractivity contribution is -0.0753. The van der Waals surface area contributed by atoms with Gasteiger partial charge in [0.1, 0.15) is 0 Å². The van der Waals surface area contributed by atoms with Crippen LogP contribution in [0.4, 0.5) is 0 Å². The fourth-order valence-electron chi connectivity index (χ4n) is 3.47. The molecule has 1 aliphatic carbocycles. The van der Waals surface area contributed by atoms with Crippen LogP contribution in [0, 0.1) is 17.8 Å². The SMILES string of the molecule is COC(C)C(C1CCCCC1)C(OC)C(C)C. The van der Waals surface area contributed by atoms with E-state index in [1.165, 1.54) is 32.1 Å². The minimum absolute atomic E-state index is 0.297. The second-order valence-corrected chi connectivity index (χ2v) is 5.86. The molecule has 0 aromatic heterocycles. The Hall–Kier alpha value is -0.0800. The highest BCUT2D eigenvalue weighted by atomic mass is 16.5. The fraction of sp³-hybridized carbons (Fsp3) is 1.00. The van der Waals surface area contributed by atoms with Gasteiger partial charge in [-0.1, -0.05) is 33.1 Å². The van der Waals surface area contributed by atoms with Gasteiger partial charge < -0.3 is 9.47 Å². The molecule has 0 heterocycles. The quantitative estimate of drug-likeness (QED) is 0.703. The van der Waals surface area contributed by atoms with E-state index in [1.807, 2.05) is 14.2 Å². The second kappa shape index (κ2) is 7.38. The maximum Gasteiger partial charge on any atom is 0.0649 e. The smallest absolute Gasteiger partial charge is 0.0649 e. The Balaban J connectivity index is 2.76. The predicted octanol–water partition coefficient (Wildman–Crippen LogP) is 3.89. The van der Waals surface area contributed by atoms with Crippen molar-refractivity contribution in [3.05, 3.63) is 0 Å². The lowest BCUT2D eigenvalue weighted by Gasteiger charge is -2.40. The van der Waals surface area contributed by atoms with E-state index >= 15 is 0 Å². The summed E-state index contributed by atoms with van der Waals surface area (Å²) in [6.07, 6.45) is 7.50. The van der Waals surface area contributed by atoms with Gasteiger partial charge >= 0.3 is 0 Å². The summed E-state index contributed by atoms with van der Waals surface area (Å²) in [6, 6.07) is 0.